The summed E-state index contributed by atoms with van der Waals surface area (Å²) in [4.78, 5) is 14.8. The second kappa shape index (κ2) is 5.01. The van der Waals surface area contributed by atoms with Crippen molar-refractivity contribution in [2.45, 2.75) is 13.5 Å². The van der Waals surface area contributed by atoms with Gasteiger partial charge < -0.3 is 16.0 Å². The minimum absolute atomic E-state index is 0.00205. The molecule has 0 saturated heterocycles. The highest BCUT2D eigenvalue weighted by atomic mass is 16.1. The maximum Gasteiger partial charge on any atom is 0.224 e. The van der Waals surface area contributed by atoms with Crippen LogP contribution in [-0.4, -0.2) is 17.4 Å². The molecule has 0 radical (unpaired) electrons. The zero-order valence-electron chi connectivity index (χ0n) is 9.86. The van der Waals surface area contributed by atoms with E-state index in [9.17, 15) is 4.79 Å². The van der Waals surface area contributed by atoms with Crippen molar-refractivity contribution in [3.63, 3.8) is 0 Å². The van der Waals surface area contributed by atoms with E-state index in [2.05, 4.69) is 10.3 Å². The third-order valence-corrected chi connectivity index (χ3v) is 2.93. The third kappa shape index (κ3) is 2.47. The van der Waals surface area contributed by atoms with Crippen molar-refractivity contribution in [2.24, 2.45) is 11.7 Å². The largest absolute Gasteiger partial charge is 0.361 e. The van der Waals surface area contributed by atoms with Crippen molar-refractivity contribution < 1.29 is 4.79 Å². The molecular formula is C13H17N3O. The summed E-state index contributed by atoms with van der Waals surface area (Å²) in [5.41, 5.74) is 7.63. The van der Waals surface area contributed by atoms with E-state index in [1.165, 1.54) is 0 Å². The van der Waals surface area contributed by atoms with Crippen LogP contribution >= 0.6 is 0 Å². The van der Waals surface area contributed by atoms with Crippen LogP contribution in [0.2, 0.25) is 0 Å². The van der Waals surface area contributed by atoms with E-state index in [0.717, 1.165) is 16.5 Å². The molecule has 0 saturated carbocycles. The van der Waals surface area contributed by atoms with E-state index in [1.807, 2.05) is 37.4 Å². The van der Waals surface area contributed by atoms with Gasteiger partial charge in [-0.15, -0.1) is 0 Å². The number of carbonyl (C=O) groups excluding carboxylic acids is 1. The van der Waals surface area contributed by atoms with Crippen LogP contribution in [0.15, 0.2) is 30.5 Å². The molecule has 1 aromatic carbocycles. The Morgan fingerprint density at radius 3 is 3.00 bits per heavy atom. The Bertz CT molecular complexity index is 518. The summed E-state index contributed by atoms with van der Waals surface area (Å²) >= 11 is 0. The van der Waals surface area contributed by atoms with Gasteiger partial charge in [-0.25, -0.2) is 0 Å². The molecule has 0 aliphatic heterocycles. The van der Waals surface area contributed by atoms with Crippen LogP contribution in [-0.2, 0) is 11.3 Å². The quantitative estimate of drug-likeness (QED) is 0.744. The van der Waals surface area contributed by atoms with Crippen LogP contribution in [0.4, 0.5) is 0 Å². The number of aromatic nitrogens is 1. The van der Waals surface area contributed by atoms with Gasteiger partial charge in [0.25, 0.3) is 0 Å². The standard InChI is InChI=1S/C13H17N3O/c1-9(6-14)13(17)16-8-10-7-15-12-5-3-2-4-11(10)12/h2-5,7,9,15H,6,8,14H2,1H3,(H,16,17). The molecule has 2 aromatic rings. The van der Waals surface area contributed by atoms with Crippen LogP contribution in [0.1, 0.15) is 12.5 Å². The lowest BCUT2D eigenvalue weighted by Crippen LogP contribution is -2.32. The topological polar surface area (TPSA) is 70.9 Å². The normalized spacial score (nSPS) is 12.6. The minimum Gasteiger partial charge on any atom is -0.361 e. The number of hydrogen-bond acceptors (Lipinski definition) is 2. The van der Waals surface area contributed by atoms with Gasteiger partial charge in [-0.2, -0.15) is 0 Å². The first-order valence-corrected chi connectivity index (χ1v) is 5.75. The van der Waals surface area contributed by atoms with Crippen LogP contribution in [0, 0.1) is 5.92 Å². The molecule has 0 spiro atoms. The van der Waals surface area contributed by atoms with Crippen molar-refractivity contribution in [2.75, 3.05) is 6.54 Å². The lowest BCUT2D eigenvalue weighted by molar-refractivity contribution is -0.124. The van der Waals surface area contributed by atoms with Crippen molar-refractivity contribution >= 4 is 16.8 Å². The fourth-order valence-corrected chi connectivity index (χ4v) is 1.74. The number of carbonyl (C=O) groups is 1. The average Bonchev–Trinajstić information content (AvgIpc) is 2.78. The molecule has 1 atom stereocenters. The van der Waals surface area contributed by atoms with Gasteiger partial charge in [0.1, 0.15) is 0 Å². The Morgan fingerprint density at radius 2 is 2.24 bits per heavy atom. The molecule has 4 N–H and O–H groups in total. The summed E-state index contributed by atoms with van der Waals surface area (Å²) in [6, 6.07) is 8.03. The highest BCUT2D eigenvalue weighted by molar-refractivity contribution is 5.84. The van der Waals surface area contributed by atoms with Crippen LogP contribution in [0.3, 0.4) is 0 Å². The van der Waals surface area contributed by atoms with E-state index in [1.54, 1.807) is 0 Å². The Balaban J connectivity index is 2.07. The summed E-state index contributed by atoms with van der Waals surface area (Å²) in [7, 11) is 0. The second-order valence-electron chi connectivity index (χ2n) is 4.21. The molecule has 4 heteroatoms. The number of para-hydroxylation sites is 1. The number of benzene rings is 1. The Kier molecular flexibility index (Phi) is 3.44. The van der Waals surface area contributed by atoms with Gasteiger partial charge in [-0.3, -0.25) is 4.79 Å². The van der Waals surface area contributed by atoms with Gasteiger partial charge in [0, 0.05) is 36.1 Å². The average molecular weight is 231 g/mol. The number of aromatic amines is 1. The molecule has 2 rings (SSSR count). The van der Waals surface area contributed by atoms with Crippen molar-refractivity contribution in [1.82, 2.24) is 10.3 Å². The van der Waals surface area contributed by atoms with Crippen LogP contribution in [0.5, 0.6) is 0 Å². The maximum atomic E-state index is 11.6. The first kappa shape index (κ1) is 11.7. The molecule has 17 heavy (non-hydrogen) atoms. The highest BCUT2D eigenvalue weighted by Crippen LogP contribution is 2.17. The molecule has 1 amide bonds. The molecule has 1 aromatic heterocycles. The molecule has 90 valence electrons. The zero-order valence-corrected chi connectivity index (χ0v) is 9.86. The van der Waals surface area contributed by atoms with Gasteiger partial charge in [0.05, 0.1) is 0 Å². The highest BCUT2D eigenvalue weighted by Gasteiger charge is 2.11. The smallest absolute Gasteiger partial charge is 0.224 e. The minimum atomic E-state index is -0.139. The van der Waals surface area contributed by atoms with E-state index in [-0.39, 0.29) is 11.8 Å². The van der Waals surface area contributed by atoms with Crippen molar-refractivity contribution in [3.05, 3.63) is 36.0 Å². The monoisotopic (exact) mass is 231 g/mol. The van der Waals surface area contributed by atoms with Crippen molar-refractivity contribution in [1.29, 1.82) is 0 Å². The molecule has 0 aliphatic carbocycles. The number of H-pyrrole nitrogens is 1. The number of rotatable bonds is 4. The number of nitrogens with one attached hydrogen (secondary N) is 2. The summed E-state index contributed by atoms with van der Waals surface area (Å²) in [5.74, 6) is -0.141. The fourth-order valence-electron chi connectivity index (χ4n) is 1.74. The summed E-state index contributed by atoms with van der Waals surface area (Å²) in [6.07, 6.45) is 1.93. The Hall–Kier alpha value is -1.81. The van der Waals surface area contributed by atoms with Crippen LogP contribution in [0.25, 0.3) is 10.9 Å². The van der Waals surface area contributed by atoms with E-state index < -0.39 is 0 Å². The van der Waals surface area contributed by atoms with Gasteiger partial charge in [0.15, 0.2) is 0 Å². The van der Waals surface area contributed by atoms with Gasteiger partial charge in [0.2, 0.25) is 5.91 Å². The van der Waals surface area contributed by atoms with Crippen LogP contribution < -0.4 is 11.1 Å². The first-order chi connectivity index (χ1) is 8.22. The van der Waals surface area contributed by atoms with Gasteiger partial charge in [-0.05, 0) is 11.6 Å². The molecule has 1 heterocycles. The SMILES string of the molecule is CC(CN)C(=O)NCc1c[nH]c2ccccc12. The predicted octanol–water partition coefficient (Wildman–Crippen LogP) is 1.38. The fraction of sp³-hybridized carbons (Fsp3) is 0.308. The lowest BCUT2D eigenvalue weighted by atomic mass is 10.1. The van der Waals surface area contributed by atoms with Gasteiger partial charge in [-0.1, -0.05) is 25.1 Å². The number of fused-ring (bicyclic) bond motifs is 1. The summed E-state index contributed by atoms with van der Waals surface area (Å²) < 4.78 is 0. The van der Waals surface area contributed by atoms with Crippen molar-refractivity contribution in [3.8, 4) is 0 Å². The molecule has 0 aliphatic rings. The summed E-state index contributed by atoms with van der Waals surface area (Å²) in [5, 5.41) is 4.04. The molecule has 0 bridgehead atoms. The molecule has 4 nitrogen and oxygen atoms in total. The summed E-state index contributed by atoms with van der Waals surface area (Å²) in [6.45, 7) is 2.73. The van der Waals surface area contributed by atoms with Gasteiger partial charge >= 0.3 is 0 Å². The van der Waals surface area contributed by atoms with E-state index >= 15 is 0 Å². The number of amides is 1. The Morgan fingerprint density at radius 1 is 1.47 bits per heavy atom. The zero-order chi connectivity index (χ0) is 12.3. The number of nitrogens with two attached hydrogens (primary N) is 1. The molecule has 1 unspecified atom stereocenters. The molecule has 0 fully saturated rings. The number of hydrogen-bond donors (Lipinski definition) is 3. The predicted molar refractivity (Wildman–Crippen MR) is 68.4 cm³/mol. The molecular weight excluding hydrogens is 214 g/mol. The Labute approximate surface area is 100 Å². The van der Waals surface area contributed by atoms with E-state index in [0.29, 0.717) is 13.1 Å². The first-order valence-electron chi connectivity index (χ1n) is 5.75. The van der Waals surface area contributed by atoms with E-state index in [4.69, 9.17) is 5.73 Å². The maximum absolute atomic E-state index is 11.6. The lowest BCUT2D eigenvalue weighted by Gasteiger charge is -2.09. The second-order valence-corrected chi connectivity index (χ2v) is 4.21. The third-order valence-electron chi connectivity index (χ3n) is 2.93.